The number of rotatable bonds is 4. The van der Waals surface area contributed by atoms with Crippen LogP contribution in [0.1, 0.15) is 25.7 Å². The third kappa shape index (κ3) is 3.51. The van der Waals surface area contributed by atoms with E-state index in [1.807, 2.05) is 0 Å². The maximum Gasteiger partial charge on any atom is 0.241 e. The quantitative estimate of drug-likeness (QED) is 0.939. The number of nitrogens with zero attached hydrogens (tertiary/aromatic N) is 3. The Morgan fingerprint density at radius 1 is 1.32 bits per heavy atom. The van der Waals surface area contributed by atoms with Gasteiger partial charge < -0.3 is 10.3 Å². The number of benzene rings is 1. The van der Waals surface area contributed by atoms with E-state index >= 15 is 0 Å². The van der Waals surface area contributed by atoms with Crippen molar-refractivity contribution in [3.63, 3.8) is 0 Å². The van der Waals surface area contributed by atoms with Gasteiger partial charge in [0.05, 0.1) is 6.54 Å². The zero-order valence-corrected chi connectivity index (χ0v) is 12.7. The van der Waals surface area contributed by atoms with Crippen LogP contribution < -0.4 is 5.73 Å². The van der Waals surface area contributed by atoms with Gasteiger partial charge in [-0.05, 0) is 63.0 Å². The summed E-state index contributed by atoms with van der Waals surface area (Å²) in [7, 11) is 0. The molecule has 22 heavy (non-hydrogen) atoms. The molecular formula is C16H21FN4O. The SMILES string of the molecule is CC(N)C1CCN(Cc2nc(-c3ccc(F)cc3)no2)CC1. The molecule has 0 bridgehead atoms. The first-order valence-electron chi connectivity index (χ1n) is 7.68. The number of likely N-dealkylation sites (tertiary alicyclic amines) is 1. The second-order valence-electron chi connectivity index (χ2n) is 5.99. The fraction of sp³-hybridized carbons (Fsp3) is 0.500. The molecule has 2 aromatic rings. The second-order valence-corrected chi connectivity index (χ2v) is 5.99. The van der Waals surface area contributed by atoms with Crippen molar-refractivity contribution in [2.75, 3.05) is 13.1 Å². The lowest BCUT2D eigenvalue weighted by molar-refractivity contribution is 0.150. The predicted molar refractivity (Wildman–Crippen MR) is 81.3 cm³/mol. The van der Waals surface area contributed by atoms with Gasteiger partial charge in [0.25, 0.3) is 0 Å². The molecule has 6 heteroatoms. The molecule has 1 aromatic heterocycles. The van der Waals surface area contributed by atoms with Crippen LogP contribution in [0.2, 0.25) is 0 Å². The molecule has 1 atom stereocenters. The summed E-state index contributed by atoms with van der Waals surface area (Å²) in [5.41, 5.74) is 6.71. The van der Waals surface area contributed by atoms with Crippen LogP contribution in [0, 0.1) is 11.7 Å². The molecule has 1 aromatic carbocycles. The largest absolute Gasteiger partial charge is 0.338 e. The van der Waals surface area contributed by atoms with Crippen molar-refractivity contribution >= 4 is 0 Å². The first-order valence-corrected chi connectivity index (χ1v) is 7.68. The second kappa shape index (κ2) is 6.54. The summed E-state index contributed by atoms with van der Waals surface area (Å²) in [6, 6.07) is 6.35. The van der Waals surface area contributed by atoms with Gasteiger partial charge in [-0.15, -0.1) is 0 Å². The van der Waals surface area contributed by atoms with Crippen LogP contribution >= 0.6 is 0 Å². The van der Waals surface area contributed by atoms with Crippen molar-refractivity contribution in [3.05, 3.63) is 36.0 Å². The van der Waals surface area contributed by atoms with Gasteiger partial charge in [0.1, 0.15) is 5.82 Å². The summed E-state index contributed by atoms with van der Waals surface area (Å²) in [5.74, 6) is 1.43. The van der Waals surface area contributed by atoms with E-state index < -0.39 is 0 Å². The fourth-order valence-corrected chi connectivity index (χ4v) is 2.86. The van der Waals surface area contributed by atoms with Crippen LogP contribution in [0.5, 0.6) is 0 Å². The van der Waals surface area contributed by atoms with E-state index in [4.69, 9.17) is 10.3 Å². The number of halogens is 1. The molecule has 1 aliphatic heterocycles. The Kier molecular flexibility index (Phi) is 4.49. The van der Waals surface area contributed by atoms with Gasteiger partial charge in [-0.3, -0.25) is 4.90 Å². The maximum atomic E-state index is 12.9. The zero-order chi connectivity index (χ0) is 15.5. The standard InChI is InChI=1S/C16H21FN4O/c1-11(18)12-6-8-21(9-7-12)10-15-19-16(20-22-15)13-2-4-14(17)5-3-13/h2-5,11-12H,6-10,18H2,1H3. The van der Waals surface area contributed by atoms with Gasteiger partial charge in [-0.25, -0.2) is 4.39 Å². The summed E-state index contributed by atoms with van der Waals surface area (Å²) < 4.78 is 18.2. The van der Waals surface area contributed by atoms with Crippen molar-refractivity contribution in [2.24, 2.45) is 11.7 Å². The molecule has 118 valence electrons. The highest BCUT2D eigenvalue weighted by molar-refractivity contribution is 5.53. The van der Waals surface area contributed by atoms with E-state index in [0.717, 1.165) is 31.5 Å². The molecule has 2 N–H and O–H groups in total. The van der Waals surface area contributed by atoms with Gasteiger partial charge >= 0.3 is 0 Å². The lowest BCUT2D eigenvalue weighted by Crippen LogP contribution is -2.39. The Bertz CT molecular complexity index is 603. The lowest BCUT2D eigenvalue weighted by atomic mass is 9.91. The number of hydrogen-bond acceptors (Lipinski definition) is 5. The number of aromatic nitrogens is 2. The van der Waals surface area contributed by atoms with Crippen molar-refractivity contribution in [1.82, 2.24) is 15.0 Å². The first kappa shape index (κ1) is 15.1. The van der Waals surface area contributed by atoms with Crippen LogP contribution in [0.4, 0.5) is 4.39 Å². The smallest absolute Gasteiger partial charge is 0.241 e. The minimum atomic E-state index is -0.274. The Hall–Kier alpha value is -1.79. The van der Waals surface area contributed by atoms with E-state index in [2.05, 4.69) is 22.0 Å². The van der Waals surface area contributed by atoms with E-state index in [1.54, 1.807) is 12.1 Å². The Labute approximate surface area is 129 Å². The van der Waals surface area contributed by atoms with Crippen LogP contribution in [0.25, 0.3) is 11.4 Å². The highest BCUT2D eigenvalue weighted by Crippen LogP contribution is 2.22. The van der Waals surface area contributed by atoms with E-state index in [1.165, 1.54) is 12.1 Å². The van der Waals surface area contributed by atoms with Crippen LogP contribution in [-0.2, 0) is 6.54 Å². The summed E-state index contributed by atoms with van der Waals surface area (Å²) >= 11 is 0. The molecule has 1 fully saturated rings. The van der Waals surface area contributed by atoms with Crippen molar-refractivity contribution in [1.29, 1.82) is 0 Å². The molecule has 3 rings (SSSR count). The number of nitrogens with two attached hydrogens (primary N) is 1. The molecule has 0 radical (unpaired) electrons. The molecule has 5 nitrogen and oxygen atoms in total. The Morgan fingerprint density at radius 3 is 2.64 bits per heavy atom. The minimum Gasteiger partial charge on any atom is -0.338 e. The van der Waals surface area contributed by atoms with E-state index in [-0.39, 0.29) is 11.9 Å². The van der Waals surface area contributed by atoms with Gasteiger partial charge in [0.15, 0.2) is 0 Å². The monoisotopic (exact) mass is 304 g/mol. The number of piperidine rings is 1. The highest BCUT2D eigenvalue weighted by atomic mass is 19.1. The van der Waals surface area contributed by atoms with Crippen LogP contribution in [-0.4, -0.2) is 34.2 Å². The third-order valence-corrected chi connectivity index (χ3v) is 4.31. The molecular weight excluding hydrogens is 283 g/mol. The molecule has 0 amide bonds. The lowest BCUT2D eigenvalue weighted by Gasteiger charge is -2.32. The molecule has 1 unspecified atom stereocenters. The molecule has 1 aliphatic rings. The van der Waals surface area contributed by atoms with Crippen molar-refractivity contribution in [3.8, 4) is 11.4 Å². The highest BCUT2D eigenvalue weighted by Gasteiger charge is 2.23. The molecule has 0 saturated carbocycles. The normalized spacial score (nSPS) is 18.5. The maximum absolute atomic E-state index is 12.9. The third-order valence-electron chi connectivity index (χ3n) is 4.31. The van der Waals surface area contributed by atoms with Gasteiger partial charge in [0, 0.05) is 11.6 Å². The molecule has 2 heterocycles. The fourth-order valence-electron chi connectivity index (χ4n) is 2.86. The predicted octanol–water partition coefficient (Wildman–Crippen LogP) is 2.43. The zero-order valence-electron chi connectivity index (χ0n) is 12.7. The van der Waals surface area contributed by atoms with E-state index in [9.17, 15) is 4.39 Å². The average molecular weight is 304 g/mol. The Balaban J connectivity index is 1.59. The van der Waals surface area contributed by atoms with Crippen LogP contribution in [0.15, 0.2) is 28.8 Å². The average Bonchev–Trinajstić information content (AvgIpc) is 2.97. The summed E-state index contributed by atoms with van der Waals surface area (Å²) in [6.45, 7) is 4.73. The van der Waals surface area contributed by atoms with E-state index in [0.29, 0.717) is 24.2 Å². The molecule has 0 aliphatic carbocycles. The minimum absolute atomic E-state index is 0.260. The van der Waals surface area contributed by atoms with Gasteiger partial charge in [0.2, 0.25) is 11.7 Å². The van der Waals surface area contributed by atoms with Gasteiger partial charge in [-0.2, -0.15) is 4.98 Å². The number of hydrogen-bond donors (Lipinski definition) is 1. The van der Waals surface area contributed by atoms with Crippen molar-refractivity contribution < 1.29 is 8.91 Å². The van der Waals surface area contributed by atoms with Crippen LogP contribution in [0.3, 0.4) is 0 Å². The molecule has 0 spiro atoms. The summed E-state index contributed by atoms with van der Waals surface area (Å²) in [6.07, 6.45) is 2.22. The topological polar surface area (TPSA) is 68.2 Å². The van der Waals surface area contributed by atoms with Crippen molar-refractivity contribution in [2.45, 2.75) is 32.4 Å². The summed E-state index contributed by atoms with van der Waals surface area (Å²) in [4.78, 5) is 6.70. The van der Waals surface area contributed by atoms with Gasteiger partial charge in [-0.1, -0.05) is 5.16 Å². The molecule has 1 saturated heterocycles. The Morgan fingerprint density at radius 2 is 2.00 bits per heavy atom. The first-order chi connectivity index (χ1) is 10.6. The summed E-state index contributed by atoms with van der Waals surface area (Å²) in [5, 5.41) is 3.97.